The number of aromatic amines is 1. The number of aromatic nitrogens is 2. The molecule has 3 heterocycles. The first kappa shape index (κ1) is 32.3. The van der Waals surface area contributed by atoms with Crippen LogP contribution in [0.4, 0.5) is 0 Å². The molecule has 2 atom stereocenters. The van der Waals surface area contributed by atoms with E-state index in [1.807, 2.05) is 24.3 Å². The van der Waals surface area contributed by atoms with Crippen molar-refractivity contribution in [2.75, 3.05) is 26.8 Å². The van der Waals surface area contributed by atoms with E-state index in [4.69, 9.17) is 9.47 Å². The van der Waals surface area contributed by atoms with Crippen molar-refractivity contribution in [3.63, 3.8) is 0 Å². The van der Waals surface area contributed by atoms with E-state index in [1.54, 1.807) is 19.4 Å². The lowest BCUT2D eigenvalue weighted by Gasteiger charge is -2.34. The molecule has 47 heavy (non-hydrogen) atoms. The standard InChI is InChI=1S/C40H45N3O4/c1-29(23-30-14-16-32(17-15-30)33-18-19-39(44)41-26-33)24-40(45)42-20-7-11-34(27-42)37-25-35-36(43(37)21-8-22-46-2)12-6-13-38(35)47-28-31-9-4-3-5-10-31/h3-6,9-10,12-19,25-26,29,34H,7-8,11,20-24,27-28H2,1-2H3,(H,41,44). The quantitative estimate of drug-likeness (QED) is 0.136. The number of nitrogens with one attached hydrogen (secondary N) is 1. The van der Waals surface area contributed by atoms with Crippen LogP contribution in [0.2, 0.25) is 0 Å². The van der Waals surface area contributed by atoms with Gasteiger partial charge in [-0.3, -0.25) is 9.59 Å². The first-order valence-corrected chi connectivity index (χ1v) is 16.8. The van der Waals surface area contributed by atoms with Crippen molar-refractivity contribution in [3.05, 3.63) is 124 Å². The fourth-order valence-electron chi connectivity index (χ4n) is 6.86. The molecule has 1 saturated heterocycles. The molecule has 0 saturated carbocycles. The number of fused-ring (bicyclic) bond motifs is 1. The molecule has 0 aliphatic carbocycles. The van der Waals surface area contributed by atoms with E-state index in [9.17, 15) is 9.59 Å². The molecule has 0 spiro atoms. The number of carbonyl (C=O) groups excluding carboxylic acids is 1. The van der Waals surface area contributed by atoms with Crippen LogP contribution in [0, 0.1) is 5.92 Å². The number of pyridine rings is 1. The third-order valence-corrected chi connectivity index (χ3v) is 9.28. The molecule has 2 aromatic heterocycles. The van der Waals surface area contributed by atoms with E-state index in [2.05, 4.69) is 82.0 Å². The number of nitrogens with zero attached hydrogens (tertiary/aromatic N) is 2. The Balaban J connectivity index is 1.13. The first-order chi connectivity index (χ1) is 23.0. The summed E-state index contributed by atoms with van der Waals surface area (Å²) in [7, 11) is 1.75. The van der Waals surface area contributed by atoms with Crippen LogP contribution in [-0.2, 0) is 29.1 Å². The molecule has 7 heteroatoms. The molecule has 0 radical (unpaired) electrons. The molecule has 5 aromatic rings. The number of methoxy groups -OCH3 is 1. The molecule has 1 aliphatic rings. The minimum atomic E-state index is -0.105. The number of hydrogen-bond acceptors (Lipinski definition) is 4. The second kappa shape index (κ2) is 15.3. The highest BCUT2D eigenvalue weighted by molar-refractivity contribution is 5.88. The number of H-pyrrole nitrogens is 1. The maximum Gasteiger partial charge on any atom is 0.247 e. The Morgan fingerprint density at radius 3 is 2.53 bits per heavy atom. The zero-order valence-electron chi connectivity index (χ0n) is 27.5. The number of benzene rings is 3. The van der Waals surface area contributed by atoms with Crippen LogP contribution in [0.15, 0.2) is 102 Å². The Morgan fingerprint density at radius 1 is 0.957 bits per heavy atom. The van der Waals surface area contributed by atoms with Gasteiger partial charge in [-0.15, -0.1) is 0 Å². The van der Waals surface area contributed by atoms with Crippen LogP contribution >= 0.6 is 0 Å². The molecular formula is C40H45N3O4. The molecule has 1 fully saturated rings. The summed E-state index contributed by atoms with van der Waals surface area (Å²) in [6.45, 7) is 5.79. The average Bonchev–Trinajstić information content (AvgIpc) is 3.48. The molecule has 1 amide bonds. The summed E-state index contributed by atoms with van der Waals surface area (Å²) in [4.78, 5) is 29.9. The number of amides is 1. The average molecular weight is 632 g/mol. The highest BCUT2D eigenvalue weighted by atomic mass is 16.5. The van der Waals surface area contributed by atoms with Crippen LogP contribution in [0.1, 0.15) is 55.3 Å². The van der Waals surface area contributed by atoms with Crippen LogP contribution in [0.5, 0.6) is 5.75 Å². The number of carbonyl (C=O) groups is 1. The summed E-state index contributed by atoms with van der Waals surface area (Å²) >= 11 is 0. The summed E-state index contributed by atoms with van der Waals surface area (Å²) < 4.78 is 14.2. The van der Waals surface area contributed by atoms with E-state index in [-0.39, 0.29) is 23.3 Å². The van der Waals surface area contributed by atoms with Gasteiger partial charge >= 0.3 is 0 Å². The molecule has 2 unspecified atom stereocenters. The van der Waals surface area contributed by atoms with E-state index in [0.717, 1.165) is 73.1 Å². The largest absolute Gasteiger partial charge is 0.488 e. The molecule has 3 aromatic carbocycles. The van der Waals surface area contributed by atoms with Crippen molar-refractivity contribution in [1.29, 1.82) is 0 Å². The van der Waals surface area contributed by atoms with Crippen molar-refractivity contribution in [3.8, 4) is 16.9 Å². The maximum atomic E-state index is 13.6. The molecule has 1 N–H and O–H groups in total. The molecule has 6 rings (SSSR count). The fourth-order valence-corrected chi connectivity index (χ4v) is 6.86. The summed E-state index contributed by atoms with van der Waals surface area (Å²) in [5.74, 6) is 1.62. The Labute approximate surface area is 277 Å². The lowest BCUT2D eigenvalue weighted by Crippen LogP contribution is -2.40. The van der Waals surface area contributed by atoms with Crippen LogP contribution in [0.25, 0.3) is 22.0 Å². The zero-order chi connectivity index (χ0) is 32.6. The van der Waals surface area contributed by atoms with Crippen molar-refractivity contribution in [1.82, 2.24) is 14.5 Å². The lowest BCUT2D eigenvalue weighted by atomic mass is 9.92. The fraction of sp³-hybridized carbons (Fsp3) is 0.350. The van der Waals surface area contributed by atoms with Crippen molar-refractivity contribution >= 4 is 16.8 Å². The third kappa shape index (κ3) is 8.03. The topological polar surface area (TPSA) is 76.6 Å². The predicted molar refractivity (Wildman–Crippen MR) is 188 cm³/mol. The van der Waals surface area contributed by atoms with Gasteiger partial charge in [0.1, 0.15) is 12.4 Å². The minimum absolute atomic E-state index is 0.105. The lowest BCUT2D eigenvalue weighted by molar-refractivity contribution is -0.133. The Kier molecular flexibility index (Phi) is 10.5. The van der Waals surface area contributed by atoms with Crippen molar-refractivity contribution in [2.45, 2.75) is 58.1 Å². The second-order valence-electron chi connectivity index (χ2n) is 12.9. The van der Waals surface area contributed by atoms with E-state index < -0.39 is 0 Å². The van der Waals surface area contributed by atoms with Gasteiger partial charge in [0.15, 0.2) is 0 Å². The predicted octanol–water partition coefficient (Wildman–Crippen LogP) is 7.59. The molecular weight excluding hydrogens is 586 g/mol. The van der Waals surface area contributed by atoms with Crippen LogP contribution in [-0.4, -0.2) is 47.2 Å². The molecule has 1 aliphatic heterocycles. The summed E-state index contributed by atoms with van der Waals surface area (Å²) in [5, 5.41) is 1.12. The number of ether oxygens (including phenoxy) is 2. The summed E-state index contributed by atoms with van der Waals surface area (Å²) in [5.41, 5.74) is 6.73. The van der Waals surface area contributed by atoms with Gasteiger partial charge in [0.2, 0.25) is 11.5 Å². The second-order valence-corrected chi connectivity index (χ2v) is 12.9. The Bertz CT molecular complexity index is 1810. The summed E-state index contributed by atoms with van der Waals surface area (Å²) in [6, 6.07) is 30.7. The highest BCUT2D eigenvalue weighted by Gasteiger charge is 2.28. The number of aryl methyl sites for hydroxylation is 1. The van der Waals surface area contributed by atoms with Crippen molar-refractivity contribution in [2.24, 2.45) is 5.92 Å². The van der Waals surface area contributed by atoms with Crippen molar-refractivity contribution < 1.29 is 14.3 Å². The highest BCUT2D eigenvalue weighted by Crippen LogP contribution is 2.36. The van der Waals surface area contributed by atoms with Gasteiger partial charge in [-0.1, -0.05) is 67.6 Å². The summed E-state index contributed by atoms with van der Waals surface area (Å²) in [6.07, 6.45) is 6.08. The molecule has 0 bridgehead atoms. The van der Waals surface area contributed by atoms with Gasteiger partial charge in [0, 0.05) is 69.0 Å². The number of hydrogen-bond donors (Lipinski definition) is 1. The first-order valence-electron chi connectivity index (χ1n) is 16.8. The van der Waals surface area contributed by atoms with E-state index >= 15 is 0 Å². The van der Waals surface area contributed by atoms with E-state index in [1.165, 1.54) is 16.8 Å². The normalized spacial score (nSPS) is 15.5. The number of piperidine rings is 1. The third-order valence-electron chi connectivity index (χ3n) is 9.28. The smallest absolute Gasteiger partial charge is 0.247 e. The SMILES string of the molecule is COCCCn1c(C2CCCN(C(=O)CC(C)Cc3ccc(-c4ccc(=O)[nH]c4)cc3)C2)cc2c(OCc3ccccc3)cccc21. The zero-order valence-corrected chi connectivity index (χ0v) is 27.5. The van der Waals surface area contributed by atoms with Gasteiger partial charge in [0.05, 0.1) is 5.52 Å². The van der Waals surface area contributed by atoms with Crippen LogP contribution in [0.3, 0.4) is 0 Å². The van der Waals surface area contributed by atoms with Gasteiger partial charge in [-0.25, -0.2) is 0 Å². The van der Waals surface area contributed by atoms with Gasteiger partial charge in [-0.05, 0) is 78.1 Å². The van der Waals surface area contributed by atoms with Gasteiger partial charge in [-0.2, -0.15) is 0 Å². The maximum absolute atomic E-state index is 13.6. The molecule has 7 nitrogen and oxygen atoms in total. The van der Waals surface area contributed by atoms with Gasteiger partial charge in [0.25, 0.3) is 0 Å². The Morgan fingerprint density at radius 2 is 1.77 bits per heavy atom. The number of likely N-dealkylation sites (tertiary alicyclic amines) is 1. The van der Waals surface area contributed by atoms with Crippen LogP contribution < -0.4 is 10.3 Å². The Hall–Kier alpha value is -4.62. The number of rotatable bonds is 13. The molecule has 244 valence electrons. The minimum Gasteiger partial charge on any atom is -0.488 e. The van der Waals surface area contributed by atoms with Gasteiger partial charge < -0.3 is 23.9 Å². The monoisotopic (exact) mass is 631 g/mol. The van der Waals surface area contributed by atoms with E-state index in [0.29, 0.717) is 19.6 Å².